The van der Waals surface area contributed by atoms with Gasteiger partial charge in [0.25, 0.3) is 5.91 Å². The van der Waals surface area contributed by atoms with E-state index in [-0.39, 0.29) is 11.7 Å². The third kappa shape index (κ3) is 3.41. The van der Waals surface area contributed by atoms with Crippen molar-refractivity contribution in [3.8, 4) is 0 Å². The van der Waals surface area contributed by atoms with Gasteiger partial charge in [0.1, 0.15) is 5.52 Å². The molecule has 2 N–H and O–H groups in total. The van der Waals surface area contributed by atoms with Gasteiger partial charge in [-0.3, -0.25) is 9.59 Å². The molecule has 0 spiro atoms. The molecule has 136 valence electrons. The number of primary amides is 1. The van der Waals surface area contributed by atoms with E-state index in [4.69, 9.17) is 5.73 Å². The summed E-state index contributed by atoms with van der Waals surface area (Å²) < 4.78 is 0. The number of nitrogens with zero attached hydrogens (tertiary/aromatic N) is 5. The first-order valence-corrected chi connectivity index (χ1v) is 8.65. The number of amides is 2. The van der Waals surface area contributed by atoms with Crippen LogP contribution in [0.5, 0.6) is 0 Å². The van der Waals surface area contributed by atoms with Crippen molar-refractivity contribution in [2.45, 2.75) is 0 Å². The van der Waals surface area contributed by atoms with Gasteiger partial charge in [0, 0.05) is 37.4 Å². The maximum Gasteiger partial charge on any atom is 0.293 e. The zero-order chi connectivity index (χ0) is 18.8. The fourth-order valence-corrected chi connectivity index (χ4v) is 3.12. The lowest BCUT2D eigenvalue weighted by Crippen LogP contribution is -2.49. The minimum absolute atomic E-state index is 0.118. The number of hydrogen-bond donors (Lipinski definition) is 1. The molecule has 2 amide bonds. The highest BCUT2D eigenvalue weighted by molar-refractivity contribution is 5.93. The number of rotatable bonds is 3. The smallest absolute Gasteiger partial charge is 0.293 e. The van der Waals surface area contributed by atoms with Crippen LogP contribution in [0, 0.1) is 0 Å². The van der Waals surface area contributed by atoms with E-state index in [1.165, 1.54) is 0 Å². The predicted octanol–water partition coefficient (Wildman–Crippen LogP) is 1.09. The minimum Gasteiger partial charge on any atom is -0.368 e. The van der Waals surface area contributed by atoms with Crippen LogP contribution >= 0.6 is 0 Å². The van der Waals surface area contributed by atoms with Gasteiger partial charge in [0.2, 0.25) is 11.7 Å². The van der Waals surface area contributed by atoms with E-state index in [2.05, 4.69) is 20.1 Å². The molecule has 0 atom stereocenters. The summed E-state index contributed by atoms with van der Waals surface area (Å²) in [6.45, 7) is 2.49. The predicted molar refractivity (Wildman–Crippen MR) is 100 cm³/mol. The van der Waals surface area contributed by atoms with E-state index in [1.807, 2.05) is 36.4 Å². The summed E-state index contributed by atoms with van der Waals surface area (Å²) in [6.07, 6.45) is 0. The van der Waals surface area contributed by atoms with Gasteiger partial charge in [-0.2, -0.15) is 0 Å². The highest BCUT2D eigenvalue weighted by Gasteiger charge is 2.24. The average Bonchev–Trinajstić information content (AvgIpc) is 2.73. The van der Waals surface area contributed by atoms with Crippen LogP contribution in [0.15, 0.2) is 48.5 Å². The summed E-state index contributed by atoms with van der Waals surface area (Å²) in [5, 5.41) is 8.05. The largest absolute Gasteiger partial charge is 0.368 e. The second-order valence-electron chi connectivity index (χ2n) is 6.31. The maximum atomic E-state index is 12.7. The van der Waals surface area contributed by atoms with Crippen LogP contribution in [-0.2, 0) is 0 Å². The topological polar surface area (TPSA) is 105 Å². The number of hydrogen-bond acceptors (Lipinski definition) is 6. The monoisotopic (exact) mass is 362 g/mol. The third-order valence-corrected chi connectivity index (χ3v) is 4.64. The van der Waals surface area contributed by atoms with Gasteiger partial charge in [-0.1, -0.05) is 12.1 Å². The molecule has 1 saturated heterocycles. The minimum atomic E-state index is -0.444. The van der Waals surface area contributed by atoms with E-state index in [1.54, 1.807) is 17.0 Å². The Balaban J connectivity index is 1.43. The van der Waals surface area contributed by atoms with Crippen LogP contribution < -0.4 is 10.6 Å². The molecule has 2 heterocycles. The summed E-state index contributed by atoms with van der Waals surface area (Å²) >= 11 is 0. The molecule has 8 nitrogen and oxygen atoms in total. The molecular weight excluding hydrogens is 344 g/mol. The summed E-state index contributed by atoms with van der Waals surface area (Å²) in [4.78, 5) is 32.1. The summed E-state index contributed by atoms with van der Waals surface area (Å²) in [5.74, 6) is -0.536. The molecule has 2 aromatic carbocycles. The number of carbonyl (C=O) groups excluding carboxylic acids is 2. The number of fused-ring (bicyclic) bond motifs is 1. The SMILES string of the molecule is NC(=O)c1ccc(N2CCN(C(=O)c3nnc4ccccc4n3)CC2)cc1. The number of benzene rings is 2. The first-order chi connectivity index (χ1) is 13.1. The van der Waals surface area contributed by atoms with Crippen molar-refractivity contribution in [1.29, 1.82) is 0 Å². The van der Waals surface area contributed by atoms with Crippen molar-refractivity contribution >= 4 is 28.5 Å². The lowest BCUT2D eigenvalue weighted by molar-refractivity contribution is 0.0733. The van der Waals surface area contributed by atoms with E-state index < -0.39 is 5.91 Å². The summed E-state index contributed by atoms with van der Waals surface area (Å²) in [5.41, 5.74) is 8.07. The number of anilines is 1. The molecule has 0 bridgehead atoms. The number of piperazine rings is 1. The standard InChI is InChI=1S/C19H18N6O2/c20-17(26)13-5-7-14(8-6-13)24-9-11-25(12-10-24)19(27)18-21-15-3-1-2-4-16(15)22-23-18/h1-8H,9-12H2,(H2,20,26). The molecule has 27 heavy (non-hydrogen) atoms. The Morgan fingerprint density at radius 1 is 0.852 bits per heavy atom. The first kappa shape index (κ1) is 16.9. The zero-order valence-electron chi connectivity index (χ0n) is 14.6. The first-order valence-electron chi connectivity index (χ1n) is 8.65. The Bertz CT molecular complexity index is 997. The number of para-hydroxylation sites is 1. The molecule has 1 aliphatic heterocycles. The Morgan fingerprint density at radius 2 is 1.52 bits per heavy atom. The highest BCUT2D eigenvalue weighted by Crippen LogP contribution is 2.18. The van der Waals surface area contributed by atoms with Gasteiger partial charge >= 0.3 is 0 Å². The molecule has 1 aliphatic rings. The van der Waals surface area contributed by atoms with E-state index in [0.29, 0.717) is 42.8 Å². The molecule has 0 unspecified atom stereocenters. The molecule has 4 rings (SSSR count). The molecular formula is C19H18N6O2. The van der Waals surface area contributed by atoms with Crippen molar-refractivity contribution in [2.75, 3.05) is 31.1 Å². The normalized spacial score (nSPS) is 14.4. The fraction of sp³-hybridized carbons (Fsp3) is 0.211. The van der Waals surface area contributed by atoms with Gasteiger partial charge in [0.05, 0.1) is 5.52 Å². The Morgan fingerprint density at radius 3 is 2.19 bits per heavy atom. The summed E-state index contributed by atoms with van der Waals surface area (Å²) in [6, 6.07) is 14.5. The molecule has 0 aliphatic carbocycles. The lowest BCUT2D eigenvalue weighted by Gasteiger charge is -2.35. The van der Waals surface area contributed by atoms with E-state index in [9.17, 15) is 9.59 Å². The molecule has 8 heteroatoms. The van der Waals surface area contributed by atoms with Crippen molar-refractivity contribution < 1.29 is 9.59 Å². The van der Waals surface area contributed by atoms with Gasteiger partial charge in [-0.15, -0.1) is 10.2 Å². The zero-order valence-corrected chi connectivity index (χ0v) is 14.6. The summed E-state index contributed by atoms with van der Waals surface area (Å²) in [7, 11) is 0. The highest BCUT2D eigenvalue weighted by atomic mass is 16.2. The molecule has 1 fully saturated rings. The number of nitrogens with two attached hydrogens (primary N) is 1. The van der Waals surface area contributed by atoms with Gasteiger partial charge in [-0.05, 0) is 36.4 Å². The third-order valence-electron chi connectivity index (χ3n) is 4.64. The average molecular weight is 362 g/mol. The second-order valence-corrected chi connectivity index (χ2v) is 6.31. The number of carbonyl (C=O) groups is 2. The molecule has 3 aromatic rings. The Kier molecular flexibility index (Phi) is 4.37. The van der Waals surface area contributed by atoms with Gasteiger partial charge in [-0.25, -0.2) is 4.98 Å². The van der Waals surface area contributed by atoms with Crippen molar-refractivity contribution in [3.05, 3.63) is 59.9 Å². The van der Waals surface area contributed by atoms with Crippen LogP contribution in [0.25, 0.3) is 11.0 Å². The van der Waals surface area contributed by atoms with Crippen LogP contribution in [0.4, 0.5) is 5.69 Å². The van der Waals surface area contributed by atoms with Crippen molar-refractivity contribution in [1.82, 2.24) is 20.1 Å². The van der Waals surface area contributed by atoms with Gasteiger partial charge in [0.15, 0.2) is 0 Å². The fourth-order valence-electron chi connectivity index (χ4n) is 3.12. The Labute approximate surface area is 155 Å². The van der Waals surface area contributed by atoms with Crippen LogP contribution in [-0.4, -0.2) is 58.1 Å². The molecule has 1 aromatic heterocycles. The van der Waals surface area contributed by atoms with E-state index in [0.717, 1.165) is 5.69 Å². The van der Waals surface area contributed by atoms with Crippen molar-refractivity contribution in [3.63, 3.8) is 0 Å². The lowest BCUT2D eigenvalue weighted by atomic mass is 10.1. The van der Waals surface area contributed by atoms with Crippen LogP contribution in [0.2, 0.25) is 0 Å². The number of aromatic nitrogens is 3. The van der Waals surface area contributed by atoms with Crippen LogP contribution in [0.3, 0.4) is 0 Å². The molecule has 0 saturated carbocycles. The quantitative estimate of drug-likeness (QED) is 0.748. The van der Waals surface area contributed by atoms with Crippen LogP contribution in [0.1, 0.15) is 21.0 Å². The second kappa shape index (κ2) is 6.99. The Hall–Kier alpha value is -3.55. The van der Waals surface area contributed by atoms with Crippen molar-refractivity contribution in [2.24, 2.45) is 5.73 Å². The maximum absolute atomic E-state index is 12.7. The van der Waals surface area contributed by atoms with E-state index >= 15 is 0 Å². The van der Waals surface area contributed by atoms with Gasteiger partial charge < -0.3 is 15.5 Å². The molecule has 0 radical (unpaired) electrons.